The highest BCUT2D eigenvalue weighted by atomic mass is 15.1. The van der Waals surface area contributed by atoms with Gasteiger partial charge in [-0.1, -0.05) is 170 Å². The van der Waals surface area contributed by atoms with E-state index in [9.17, 15) is 0 Å². The third-order valence-corrected chi connectivity index (χ3v) is 9.60. The summed E-state index contributed by atoms with van der Waals surface area (Å²) in [4.78, 5) is 2.30. The SMILES string of the molecule is [2H]c1c([2H])c([2H])c(-c2ccc(N(c3ccc4ccccc4c3)c3cccc4c3C(c3ccccc3)(c3ccccc3)c3ccccc3-4)cc2)c([2H])c1[2H]. The van der Waals surface area contributed by atoms with Crippen LogP contribution in [0.15, 0.2) is 200 Å². The lowest BCUT2D eigenvalue weighted by Gasteiger charge is -2.38. The van der Waals surface area contributed by atoms with E-state index >= 15 is 0 Å². The van der Waals surface area contributed by atoms with Crippen molar-refractivity contribution in [3.63, 3.8) is 0 Å². The molecule has 0 fully saturated rings. The Kier molecular flexibility index (Phi) is 5.59. The van der Waals surface area contributed by atoms with Crippen molar-refractivity contribution in [3.8, 4) is 22.3 Å². The molecule has 0 saturated heterocycles. The van der Waals surface area contributed by atoms with Gasteiger partial charge in [0.05, 0.1) is 18.0 Å². The Morgan fingerprint density at radius 1 is 0.438 bits per heavy atom. The number of anilines is 3. The second-order valence-electron chi connectivity index (χ2n) is 12.1. The average molecular weight is 617 g/mol. The van der Waals surface area contributed by atoms with Crippen molar-refractivity contribution in [1.29, 1.82) is 0 Å². The van der Waals surface area contributed by atoms with Crippen LogP contribution >= 0.6 is 0 Å². The molecule has 1 nitrogen and oxygen atoms in total. The minimum atomic E-state index is -0.645. The van der Waals surface area contributed by atoms with Gasteiger partial charge in [0.15, 0.2) is 0 Å². The third-order valence-electron chi connectivity index (χ3n) is 9.60. The summed E-state index contributed by atoms with van der Waals surface area (Å²) in [5, 5.41) is 2.25. The number of fused-ring (bicyclic) bond motifs is 4. The fourth-order valence-corrected chi connectivity index (χ4v) is 7.58. The number of rotatable bonds is 6. The zero-order valence-corrected chi connectivity index (χ0v) is 26.1. The topological polar surface area (TPSA) is 3.24 Å². The molecule has 0 aromatic heterocycles. The molecule has 0 radical (unpaired) electrons. The molecule has 0 aliphatic heterocycles. The van der Waals surface area contributed by atoms with E-state index in [-0.39, 0.29) is 29.7 Å². The molecule has 48 heavy (non-hydrogen) atoms. The van der Waals surface area contributed by atoms with Crippen LogP contribution in [0.3, 0.4) is 0 Å². The quantitative estimate of drug-likeness (QED) is 0.180. The third kappa shape index (κ3) is 4.40. The maximum absolute atomic E-state index is 8.63. The van der Waals surface area contributed by atoms with Crippen molar-refractivity contribution >= 4 is 27.8 Å². The molecule has 226 valence electrons. The molecule has 0 spiro atoms. The summed E-state index contributed by atoms with van der Waals surface area (Å²) in [5.41, 5.74) is 10.0. The molecule has 1 aliphatic rings. The minimum absolute atomic E-state index is 0.183. The lowest BCUT2D eigenvalue weighted by molar-refractivity contribution is 0.768. The summed E-state index contributed by atoms with van der Waals surface area (Å²) in [7, 11) is 0. The van der Waals surface area contributed by atoms with E-state index in [2.05, 4.69) is 144 Å². The number of hydrogen-bond donors (Lipinski definition) is 0. The predicted molar refractivity (Wildman–Crippen MR) is 201 cm³/mol. The van der Waals surface area contributed by atoms with E-state index in [1.807, 2.05) is 30.3 Å². The molecular formula is C47H33N. The zero-order valence-electron chi connectivity index (χ0n) is 31.1. The average Bonchev–Trinajstić information content (AvgIpc) is 3.52. The van der Waals surface area contributed by atoms with Crippen LogP contribution in [0.2, 0.25) is 0 Å². The van der Waals surface area contributed by atoms with Gasteiger partial charge in [-0.3, -0.25) is 0 Å². The van der Waals surface area contributed by atoms with Crippen molar-refractivity contribution in [2.24, 2.45) is 0 Å². The Balaban J connectivity index is 1.34. The first kappa shape index (κ1) is 23.2. The van der Waals surface area contributed by atoms with Gasteiger partial charge >= 0.3 is 0 Å². The molecule has 1 heteroatoms. The van der Waals surface area contributed by atoms with E-state index < -0.39 is 11.5 Å². The Morgan fingerprint density at radius 2 is 1.04 bits per heavy atom. The highest BCUT2D eigenvalue weighted by Gasteiger charge is 2.48. The van der Waals surface area contributed by atoms with Gasteiger partial charge < -0.3 is 4.90 Å². The van der Waals surface area contributed by atoms with Crippen LogP contribution in [0.5, 0.6) is 0 Å². The Morgan fingerprint density at radius 3 is 1.77 bits per heavy atom. The second-order valence-corrected chi connectivity index (χ2v) is 12.1. The summed E-state index contributed by atoms with van der Waals surface area (Å²) in [6, 6.07) is 57.8. The van der Waals surface area contributed by atoms with Gasteiger partial charge in [-0.05, 0) is 80.0 Å². The standard InChI is InChI=1S/C47H33N/c1-4-15-34(16-5-1)36-27-30-40(31-28-36)48(41-32-29-35-17-10-11-18-37(35)33-41)45-26-14-24-43-42-23-12-13-25-44(42)47(46(43)45,38-19-6-2-7-20-38)39-21-8-3-9-22-39/h1-33H/i1D,4D,5D,15D,16D. The predicted octanol–water partition coefficient (Wildman–Crippen LogP) is 12.3. The van der Waals surface area contributed by atoms with Crippen molar-refractivity contribution in [3.05, 3.63) is 222 Å². The Bertz CT molecular complexity index is 2600. The van der Waals surface area contributed by atoms with Crippen molar-refractivity contribution in [1.82, 2.24) is 0 Å². The molecule has 0 atom stereocenters. The largest absolute Gasteiger partial charge is 0.310 e. The summed E-state index contributed by atoms with van der Waals surface area (Å²) in [5.74, 6) is 0. The lowest BCUT2D eigenvalue weighted by atomic mass is 9.67. The minimum Gasteiger partial charge on any atom is -0.310 e. The fourth-order valence-electron chi connectivity index (χ4n) is 7.58. The van der Waals surface area contributed by atoms with Gasteiger partial charge in [-0.25, -0.2) is 0 Å². The first-order chi connectivity index (χ1) is 25.9. The van der Waals surface area contributed by atoms with Crippen LogP contribution in [0, 0.1) is 0 Å². The molecule has 0 N–H and O–H groups in total. The molecule has 0 heterocycles. The fraction of sp³-hybridized carbons (Fsp3) is 0.0213. The van der Waals surface area contributed by atoms with E-state index in [4.69, 9.17) is 6.85 Å². The summed E-state index contributed by atoms with van der Waals surface area (Å²) in [6.45, 7) is 0. The summed E-state index contributed by atoms with van der Waals surface area (Å²) < 4.78 is 41.9. The molecule has 0 bridgehead atoms. The molecular weight excluding hydrogens is 579 g/mol. The van der Waals surface area contributed by atoms with Crippen LogP contribution < -0.4 is 4.90 Å². The van der Waals surface area contributed by atoms with Crippen LogP contribution in [-0.4, -0.2) is 0 Å². The molecule has 0 amide bonds. The van der Waals surface area contributed by atoms with E-state index in [1.165, 1.54) is 27.8 Å². The Hall–Kier alpha value is -6.18. The molecule has 8 aromatic rings. The van der Waals surface area contributed by atoms with Gasteiger partial charge in [0.1, 0.15) is 0 Å². The van der Waals surface area contributed by atoms with Gasteiger partial charge in [-0.2, -0.15) is 0 Å². The lowest BCUT2D eigenvalue weighted by Crippen LogP contribution is -2.30. The Labute approximate surface area is 289 Å². The maximum Gasteiger partial charge on any atom is 0.0734 e. The van der Waals surface area contributed by atoms with Gasteiger partial charge in [0.25, 0.3) is 0 Å². The molecule has 0 unspecified atom stereocenters. The summed E-state index contributed by atoms with van der Waals surface area (Å²) in [6.07, 6.45) is 0. The van der Waals surface area contributed by atoms with Gasteiger partial charge in [0, 0.05) is 16.9 Å². The molecule has 0 saturated carbocycles. The molecule has 9 rings (SSSR count). The van der Waals surface area contributed by atoms with Crippen molar-refractivity contribution < 1.29 is 6.85 Å². The number of benzene rings is 8. The normalized spacial score (nSPS) is 14.2. The zero-order chi connectivity index (χ0) is 36.3. The van der Waals surface area contributed by atoms with Crippen LogP contribution in [-0.2, 0) is 5.41 Å². The van der Waals surface area contributed by atoms with Gasteiger partial charge in [-0.15, -0.1) is 0 Å². The molecule has 1 aliphatic carbocycles. The maximum atomic E-state index is 8.63. The monoisotopic (exact) mass is 616 g/mol. The highest BCUT2D eigenvalue weighted by Crippen LogP contribution is 2.60. The van der Waals surface area contributed by atoms with E-state index in [0.29, 0.717) is 5.56 Å². The van der Waals surface area contributed by atoms with E-state index in [1.54, 1.807) is 0 Å². The first-order valence-electron chi connectivity index (χ1n) is 18.7. The smallest absolute Gasteiger partial charge is 0.0734 e. The van der Waals surface area contributed by atoms with Crippen LogP contribution in [0.4, 0.5) is 17.1 Å². The second kappa shape index (κ2) is 11.6. The van der Waals surface area contributed by atoms with Crippen LogP contribution in [0.25, 0.3) is 33.0 Å². The van der Waals surface area contributed by atoms with E-state index in [0.717, 1.165) is 33.4 Å². The highest BCUT2D eigenvalue weighted by molar-refractivity contribution is 5.96. The summed E-state index contributed by atoms with van der Waals surface area (Å²) >= 11 is 0. The van der Waals surface area contributed by atoms with Gasteiger partial charge in [0.2, 0.25) is 0 Å². The number of nitrogens with zero attached hydrogens (tertiary/aromatic N) is 1. The van der Waals surface area contributed by atoms with Crippen molar-refractivity contribution in [2.45, 2.75) is 5.41 Å². The van der Waals surface area contributed by atoms with Crippen LogP contribution in [0.1, 0.15) is 29.1 Å². The number of hydrogen-bond acceptors (Lipinski definition) is 1. The first-order valence-corrected chi connectivity index (χ1v) is 16.2. The van der Waals surface area contributed by atoms with Crippen molar-refractivity contribution in [2.75, 3.05) is 4.90 Å². The molecule has 8 aromatic carbocycles.